The number of hydrogen-bond acceptors (Lipinski definition) is 2. The molecule has 0 saturated carbocycles. The SMILES string of the molecule is Cc1ccc(CN2CCNC(C(C)C)C2)cc1. The molecule has 1 N–H and O–H groups in total. The summed E-state index contributed by atoms with van der Waals surface area (Å²) in [5.74, 6) is 0.718. The van der Waals surface area contributed by atoms with Crippen LogP contribution in [0, 0.1) is 12.8 Å². The Morgan fingerprint density at radius 1 is 1.29 bits per heavy atom. The van der Waals surface area contributed by atoms with Crippen LogP contribution in [-0.2, 0) is 6.54 Å². The lowest BCUT2D eigenvalue weighted by atomic mass is 10.0. The summed E-state index contributed by atoms with van der Waals surface area (Å²) in [6.07, 6.45) is 0. The summed E-state index contributed by atoms with van der Waals surface area (Å²) < 4.78 is 0. The molecule has 0 amide bonds. The molecule has 1 aromatic carbocycles. The van der Waals surface area contributed by atoms with Crippen LogP contribution in [0.1, 0.15) is 25.0 Å². The van der Waals surface area contributed by atoms with E-state index in [9.17, 15) is 0 Å². The fourth-order valence-electron chi connectivity index (χ4n) is 2.38. The molecule has 1 aromatic rings. The van der Waals surface area contributed by atoms with Crippen molar-refractivity contribution in [3.8, 4) is 0 Å². The number of hydrogen-bond donors (Lipinski definition) is 1. The molecule has 2 heteroatoms. The van der Waals surface area contributed by atoms with Crippen molar-refractivity contribution in [2.24, 2.45) is 5.92 Å². The minimum Gasteiger partial charge on any atom is -0.311 e. The molecule has 0 aliphatic carbocycles. The third kappa shape index (κ3) is 3.55. The van der Waals surface area contributed by atoms with Crippen LogP contribution in [0.15, 0.2) is 24.3 Å². The molecule has 94 valence electrons. The Balaban J connectivity index is 1.92. The van der Waals surface area contributed by atoms with Gasteiger partial charge < -0.3 is 5.32 Å². The lowest BCUT2D eigenvalue weighted by Gasteiger charge is -2.35. The Kier molecular flexibility index (Phi) is 4.19. The molecule has 1 saturated heterocycles. The van der Waals surface area contributed by atoms with Gasteiger partial charge in [-0.2, -0.15) is 0 Å². The van der Waals surface area contributed by atoms with Gasteiger partial charge in [-0.3, -0.25) is 4.90 Å². The van der Waals surface area contributed by atoms with Gasteiger partial charge in [-0.25, -0.2) is 0 Å². The van der Waals surface area contributed by atoms with Gasteiger partial charge in [0.05, 0.1) is 0 Å². The van der Waals surface area contributed by atoms with Crippen LogP contribution in [0.2, 0.25) is 0 Å². The second-order valence-electron chi connectivity index (χ2n) is 5.53. The lowest BCUT2D eigenvalue weighted by Crippen LogP contribution is -2.52. The molecule has 2 rings (SSSR count). The van der Waals surface area contributed by atoms with Crippen LogP contribution < -0.4 is 5.32 Å². The maximum Gasteiger partial charge on any atom is 0.0234 e. The van der Waals surface area contributed by atoms with E-state index in [-0.39, 0.29) is 0 Å². The molecular weight excluding hydrogens is 208 g/mol. The molecule has 2 nitrogen and oxygen atoms in total. The van der Waals surface area contributed by atoms with Crippen molar-refractivity contribution in [1.29, 1.82) is 0 Å². The highest BCUT2D eigenvalue weighted by Crippen LogP contribution is 2.12. The molecule has 17 heavy (non-hydrogen) atoms. The number of piperazine rings is 1. The monoisotopic (exact) mass is 232 g/mol. The van der Waals surface area contributed by atoms with Gasteiger partial charge in [-0.05, 0) is 18.4 Å². The fraction of sp³-hybridized carbons (Fsp3) is 0.600. The van der Waals surface area contributed by atoms with E-state index >= 15 is 0 Å². The van der Waals surface area contributed by atoms with Crippen molar-refractivity contribution < 1.29 is 0 Å². The first-order chi connectivity index (χ1) is 8.15. The molecule has 1 atom stereocenters. The Morgan fingerprint density at radius 3 is 2.65 bits per heavy atom. The Labute approximate surface area is 105 Å². The van der Waals surface area contributed by atoms with E-state index in [1.807, 2.05) is 0 Å². The number of benzene rings is 1. The quantitative estimate of drug-likeness (QED) is 0.861. The third-order valence-electron chi connectivity index (χ3n) is 3.62. The van der Waals surface area contributed by atoms with Crippen molar-refractivity contribution in [2.45, 2.75) is 33.4 Å². The molecular formula is C15H24N2. The van der Waals surface area contributed by atoms with Gasteiger partial charge in [0.15, 0.2) is 0 Å². The van der Waals surface area contributed by atoms with E-state index in [4.69, 9.17) is 0 Å². The van der Waals surface area contributed by atoms with Crippen LogP contribution in [0.25, 0.3) is 0 Å². The van der Waals surface area contributed by atoms with Crippen LogP contribution in [0.4, 0.5) is 0 Å². The zero-order valence-corrected chi connectivity index (χ0v) is 11.2. The minimum atomic E-state index is 0.647. The average Bonchev–Trinajstić information content (AvgIpc) is 2.32. The normalized spacial score (nSPS) is 22.0. The Morgan fingerprint density at radius 2 is 2.00 bits per heavy atom. The first kappa shape index (κ1) is 12.6. The molecule has 1 unspecified atom stereocenters. The molecule has 1 fully saturated rings. The highest BCUT2D eigenvalue weighted by molar-refractivity contribution is 5.21. The summed E-state index contributed by atoms with van der Waals surface area (Å²) >= 11 is 0. The molecule has 1 aliphatic rings. The van der Waals surface area contributed by atoms with Crippen LogP contribution >= 0.6 is 0 Å². The Hall–Kier alpha value is -0.860. The summed E-state index contributed by atoms with van der Waals surface area (Å²) in [5.41, 5.74) is 2.77. The van der Waals surface area contributed by atoms with Crippen molar-refractivity contribution in [2.75, 3.05) is 19.6 Å². The maximum atomic E-state index is 3.60. The summed E-state index contributed by atoms with van der Waals surface area (Å²) in [5, 5.41) is 3.60. The van der Waals surface area contributed by atoms with E-state index < -0.39 is 0 Å². The van der Waals surface area contributed by atoms with Crippen molar-refractivity contribution in [3.63, 3.8) is 0 Å². The van der Waals surface area contributed by atoms with E-state index in [1.54, 1.807) is 0 Å². The van der Waals surface area contributed by atoms with Crippen molar-refractivity contribution in [3.05, 3.63) is 35.4 Å². The van der Waals surface area contributed by atoms with Gasteiger partial charge >= 0.3 is 0 Å². The smallest absolute Gasteiger partial charge is 0.0234 e. The van der Waals surface area contributed by atoms with E-state index in [0.717, 1.165) is 25.6 Å². The lowest BCUT2D eigenvalue weighted by molar-refractivity contribution is 0.168. The molecule has 0 spiro atoms. The van der Waals surface area contributed by atoms with E-state index in [0.29, 0.717) is 6.04 Å². The summed E-state index contributed by atoms with van der Waals surface area (Å²) in [6, 6.07) is 9.56. The predicted octanol–water partition coefficient (Wildman–Crippen LogP) is 2.42. The number of nitrogens with one attached hydrogen (secondary N) is 1. The third-order valence-corrected chi connectivity index (χ3v) is 3.62. The highest BCUT2D eigenvalue weighted by Gasteiger charge is 2.21. The van der Waals surface area contributed by atoms with Crippen LogP contribution in [-0.4, -0.2) is 30.6 Å². The molecule has 1 aliphatic heterocycles. The average molecular weight is 232 g/mol. The summed E-state index contributed by atoms with van der Waals surface area (Å²) in [6.45, 7) is 11.3. The predicted molar refractivity (Wildman–Crippen MR) is 73.1 cm³/mol. The Bertz CT molecular complexity index is 342. The number of nitrogens with zero attached hydrogens (tertiary/aromatic N) is 1. The first-order valence-corrected chi connectivity index (χ1v) is 6.66. The second kappa shape index (κ2) is 5.65. The maximum absolute atomic E-state index is 3.60. The van der Waals surface area contributed by atoms with Gasteiger partial charge in [0.25, 0.3) is 0 Å². The van der Waals surface area contributed by atoms with Crippen LogP contribution in [0.3, 0.4) is 0 Å². The largest absolute Gasteiger partial charge is 0.311 e. The second-order valence-corrected chi connectivity index (χ2v) is 5.53. The number of aryl methyl sites for hydroxylation is 1. The summed E-state index contributed by atoms with van der Waals surface area (Å²) in [7, 11) is 0. The number of rotatable bonds is 3. The zero-order valence-electron chi connectivity index (χ0n) is 11.2. The van der Waals surface area contributed by atoms with Gasteiger partial charge in [-0.15, -0.1) is 0 Å². The topological polar surface area (TPSA) is 15.3 Å². The molecule has 1 heterocycles. The van der Waals surface area contributed by atoms with E-state index in [1.165, 1.54) is 17.7 Å². The van der Waals surface area contributed by atoms with Gasteiger partial charge in [0.1, 0.15) is 0 Å². The van der Waals surface area contributed by atoms with Gasteiger partial charge in [-0.1, -0.05) is 43.7 Å². The van der Waals surface area contributed by atoms with Crippen molar-refractivity contribution in [1.82, 2.24) is 10.2 Å². The minimum absolute atomic E-state index is 0.647. The van der Waals surface area contributed by atoms with Crippen LogP contribution in [0.5, 0.6) is 0 Å². The fourth-order valence-corrected chi connectivity index (χ4v) is 2.38. The highest BCUT2D eigenvalue weighted by atomic mass is 15.2. The zero-order chi connectivity index (χ0) is 12.3. The van der Waals surface area contributed by atoms with Crippen molar-refractivity contribution >= 4 is 0 Å². The molecule has 0 bridgehead atoms. The van der Waals surface area contributed by atoms with E-state index in [2.05, 4.69) is 55.3 Å². The first-order valence-electron chi connectivity index (χ1n) is 6.66. The molecule has 0 aromatic heterocycles. The van der Waals surface area contributed by atoms with Gasteiger partial charge in [0, 0.05) is 32.2 Å². The standard InChI is InChI=1S/C15H24N2/c1-12(2)15-11-17(9-8-16-15)10-14-6-4-13(3)5-7-14/h4-7,12,15-16H,8-11H2,1-3H3. The molecule has 0 radical (unpaired) electrons. The summed E-state index contributed by atoms with van der Waals surface area (Å²) in [4.78, 5) is 2.56. The van der Waals surface area contributed by atoms with Gasteiger partial charge in [0.2, 0.25) is 0 Å².